The van der Waals surface area contributed by atoms with Crippen LogP contribution in [0.15, 0.2) is 0 Å². The Morgan fingerprint density at radius 2 is 2.38 bits per heavy atom. The molecule has 16 heavy (non-hydrogen) atoms. The van der Waals surface area contributed by atoms with E-state index in [9.17, 15) is 4.79 Å². The van der Waals surface area contributed by atoms with Crippen molar-refractivity contribution in [3.63, 3.8) is 0 Å². The molecule has 0 aliphatic carbocycles. The minimum absolute atomic E-state index is 0.233. The molecule has 0 saturated carbocycles. The molecular weight excluding hydrogens is 228 g/mol. The van der Waals surface area contributed by atoms with Crippen LogP contribution in [0.5, 0.6) is 0 Å². The Labute approximate surface area is 98.0 Å². The number of carbonyl (C=O) groups excluding carboxylic acids is 1. The third-order valence-corrected chi connectivity index (χ3v) is 2.98. The first-order valence-corrected chi connectivity index (χ1v) is 5.86. The second-order valence-corrected chi connectivity index (χ2v) is 4.27. The van der Waals surface area contributed by atoms with Gasteiger partial charge in [-0.3, -0.25) is 4.79 Å². The lowest BCUT2D eigenvalue weighted by molar-refractivity contribution is 0.0940. The van der Waals surface area contributed by atoms with Gasteiger partial charge in [0.1, 0.15) is 4.88 Å². The van der Waals surface area contributed by atoms with Gasteiger partial charge in [0, 0.05) is 12.6 Å². The summed E-state index contributed by atoms with van der Waals surface area (Å²) >= 11 is 1.07. The summed E-state index contributed by atoms with van der Waals surface area (Å²) < 4.78 is 3.73. The summed E-state index contributed by atoms with van der Waals surface area (Å²) in [7, 11) is 0. The van der Waals surface area contributed by atoms with Crippen LogP contribution in [-0.4, -0.2) is 39.3 Å². The van der Waals surface area contributed by atoms with Crippen molar-refractivity contribution in [1.29, 1.82) is 0 Å². The molecule has 0 fully saturated rings. The Balaban J connectivity index is 2.53. The third kappa shape index (κ3) is 3.22. The number of aliphatic hydroxyl groups excluding tert-OH is 1. The van der Waals surface area contributed by atoms with E-state index in [1.807, 2.05) is 6.92 Å². The first-order chi connectivity index (χ1) is 7.56. The summed E-state index contributed by atoms with van der Waals surface area (Å²) in [6.45, 7) is 3.73. The number of hydrogen-bond acceptors (Lipinski definition) is 6. The maximum absolute atomic E-state index is 11.7. The van der Waals surface area contributed by atoms with E-state index in [4.69, 9.17) is 10.8 Å². The van der Waals surface area contributed by atoms with Gasteiger partial charge in [0.25, 0.3) is 5.91 Å². The normalized spacial score (nSPS) is 14.5. The van der Waals surface area contributed by atoms with Crippen molar-refractivity contribution >= 4 is 17.4 Å². The molecule has 0 aliphatic heterocycles. The number of aromatic nitrogens is 2. The molecule has 0 saturated heterocycles. The van der Waals surface area contributed by atoms with Crippen LogP contribution in [0.1, 0.15) is 29.2 Å². The highest BCUT2D eigenvalue weighted by Gasteiger charge is 2.16. The highest BCUT2D eigenvalue weighted by molar-refractivity contribution is 7.08. The van der Waals surface area contributed by atoms with Gasteiger partial charge >= 0.3 is 0 Å². The fraction of sp³-hybridized carbons (Fsp3) is 0.667. The number of aryl methyl sites for hydroxylation is 1. The topological polar surface area (TPSA) is 101 Å². The van der Waals surface area contributed by atoms with E-state index >= 15 is 0 Å². The van der Waals surface area contributed by atoms with Gasteiger partial charge in [0.15, 0.2) is 0 Å². The highest BCUT2D eigenvalue weighted by Crippen LogP contribution is 2.10. The van der Waals surface area contributed by atoms with E-state index in [-0.39, 0.29) is 12.5 Å². The van der Waals surface area contributed by atoms with E-state index in [0.717, 1.165) is 11.5 Å². The molecule has 0 aromatic carbocycles. The zero-order valence-corrected chi connectivity index (χ0v) is 10.1. The zero-order valence-electron chi connectivity index (χ0n) is 9.30. The van der Waals surface area contributed by atoms with Crippen molar-refractivity contribution < 1.29 is 9.90 Å². The molecule has 1 aromatic rings. The van der Waals surface area contributed by atoms with Gasteiger partial charge in [-0.25, -0.2) is 0 Å². The largest absolute Gasteiger partial charge is 0.392 e. The smallest absolute Gasteiger partial charge is 0.265 e. The second kappa shape index (κ2) is 5.88. The van der Waals surface area contributed by atoms with Crippen LogP contribution in [0.2, 0.25) is 0 Å². The molecule has 0 aliphatic rings. The Morgan fingerprint density at radius 3 is 2.94 bits per heavy atom. The lowest BCUT2D eigenvalue weighted by Gasteiger charge is -2.14. The summed E-state index contributed by atoms with van der Waals surface area (Å²) in [5.74, 6) is -0.233. The third-order valence-electron chi connectivity index (χ3n) is 2.21. The van der Waals surface area contributed by atoms with Gasteiger partial charge in [0.2, 0.25) is 0 Å². The lowest BCUT2D eigenvalue weighted by atomic mass is 10.2. The minimum atomic E-state index is -0.648. The summed E-state index contributed by atoms with van der Waals surface area (Å²) in [4.78, 5) is 12.2. The maximum atomic E-state index is 11.7. The molecule has 90 valence electrons. The van der Waals surface area contributed by atoms with Crippen molar-refractivity contribution in [1.82, 2.24) is 14.9 Å². The summed E-state index contributed by atoms with van der Waals surface area (Å²) in [5.41, 5.74) is 6.28. The van der Waals surface area contributed by atoms with Crippen molar-refractivity contribution in [2.75, 3.05) is 6.54 Å². The Bertz CT molecular complexity index is 353. The molecule has 0 bridgehead atoms. The van der Waals surface area contributed by atoms with E-state index in [1.165, 1.54) is 0 Å². The average Bonchev–Trinajstić information content (AvgIpc) is 2.73. The molecule has 1 amide bonds. The number of nitrogens with one attached hydrogen (secondary N) is 1. The predicted molar refractivity (Wildman–Crippen MR) is 61.3 cm³/mol. The number of carbonyl (C=O) groups is 1. The van der Waals surface area contributed by atoms with Crippen LogP contribution >= 0.6 is 11.5 Å². The molecule has 6 nitrogen and oxygen atoms in total. The number of nitrogens with zero attached hydrogens (tertiary/aromatic N) is 2. The Hall–Kier alpha value is -1.05. The first kappa shape index (κ1) is 13.0. The van der Waals surface area contributed by atoms with Crippen LogP contribution in [0, 0.1) is 0 Å². The fourth-order valence-electron chi connectivity index (χ4n) is 1.07. The number of nitrogens with two attached hydrogens (primary N) is 1. The molecule has 7 heteroatoms. The predicted octanol–water partition coefficient (Wildman–Crippen LogP) is -0.462. The van der Waals surface area contributed by atoms with E-state index in [2.05, 4.69) is 14.9 Å². The van der Waals surface area contributed by atoms with Crippen LogP contribution in [0.4, 0.5) is 0 Å². The van der Waals surface area contributed by atoms with Crippen molar-refractivity contribution in [3.8, 4) is 0 Å². The number of hydrogen-bond donors (Lipinski definition) is 3. The molecule has 0 radical (unpaired) electrons. The van der Waals surface area contributed by atoms with Crippen molar-refractivity contribution in [3.05, 3.63) is 10.6 Å². The second-order valence-electron chi connectivity index (χ2n) is 3.52. The number of amides is 1. The van der Waals surface area contributed by atoms with E-state index < -0.39 is 12.1 Å². The van der Waals surface area contributed by atoms with Crippen LogP contribution in [0.3, 0.4) is 0 Å². The van der Waals surface area contributed by atoms with Gasteiger partial charge in [-0.2, -0.15) is 0 Å². The van der Waals surface area contributed by atoms with Gasteiger partial charge in [-0.1, -0.05) is 11.4 Å². The molecular formula is C9H16N4O2S. The van der Waals surface area contributed by atoms with Gasteiger partial charge in [-0.05, 0) is 24.9 Å². The quantitative estimate of drug-likeness (QED) is 0.650. The zero-order chi connectivity index (χ0) is 12.1. The summed E-state index contributed by atoms with van der Waals surface area (Å²) in [6.07, 6.45) is 0.0207. The lowest BCUT2D eigenvalue weighted by Crippen LogP contribution is -2.43. The molecule has 0 spiro atoms. The SMILES string of the molecule is CCc1nnsc1C(=O)NCC(N)C(C)O. The first-order valence-electron chi connectivity index (χ1n) is 5.09. The highest BCUT2D eigenvalue weighted by atomic mass is 32.1. The van der Waals surface area contributed by atoms with Crippen molar-refractivity contribution in [2.45, 2.75) is 32.4 Å². The number of aliphatic hydroxyl groups is 1. The van der Waals surface area contributed by atoms with E-state index in [0.29, 0.717) is 17.0 Å². The van der Waals surface area contributed by atoms with Gasteiger partial charge in [-0.15, -0.1) is 5.10 Å². The molecule has 1 rings (SSSR count). The standard InChI is InChI=1S/C9H16N4O2S/c1-3-7-8(16-13-12-7)9(15)11-4-6(10)5(2)14/h5-6,14H,3-4,10H2,1-2H3,(H,11,15). The number of rotatable bonds is 5. The van der Waals surface area contributed by atoms with Crippen molar-refractivity contribution in [2.24, 2.45) is 5.73 Å². The summed E-state index contributed by atoms with van der Waals surface area (Å²) in [5, 5.41) is 15.7. The average molecular weight is 244 g/mol. The van der Waals surface area contributed by atoms with Gasteiger partial charge in [0.05, 0.1) is 11.8 Å². The van der Waals surface area contributed by atoms with Gasteiger partial charge < -0.3 is 16.2 Å². The Morgan fingerprint density at radius 1 is 1.69 bits per heavy atom. The monoisotopic (exact) mass is 244 g/mol. The molecule has 2 unspecified atom stereocenters. The Kier molecular flexibility index (Phi) is 4.78. The minimum Gasteiger partial charge on any atom is -0.392 e. The fourth-order valence-corrected chi connectivity index (χ4v) is 1.74. The molecule has 1 heterocycles. The molecule has 1 aromatic heterocycles. The molecule has 4 N–H and O–H groups in total. The maximum Gasteiger partial charge on any atom is 0.265 e. The van der Waals surface area contributed by atoms with Crippen LogP contribution < -0.4 is 11.1 Å². The molecule has 2 atom stereocenters. The van der Waals surface area contributed by atoms with Crippen LogP contribution in [-0.2, 0) is 6.42 Å². The summed E-state index contributed by atoms with van der Waals surface area (Å²) in [6, 6.07) is -0.463. The van der Waals surface area contributed by atoms with E-state index in [1.54, 1.807) is 6.92 Å². The van der Waals surface area contributed by atoms with Crippen LogP contribution in [0.25, 0.3) is 0 Å².